The molecule has 2 aliphatic rings. The van der Waals surface area contributed by atoms with Crippen LogP contribution in [0.5, 0.6) is 0 Å². The molecule has 6 rings (SSSR count). The summed E-state index contributed by atoms with van der Waals surface area (Å²) in [4.78, 5) is 29.6. The quantitative estimate of drug-likeness (QED) is 0.370. The molecule has 37 heavy (non-hydrogen) atoms. The SMILES string of the molecule is C[C@]1(O)CC/C=C\Cn2c(=O)c3cnc(Nc4ccc(N5CCNCC5)cc4)nc3n2-c2cccc1n2. The molecule has 0 aliphatic carbocycles. The van der Waals surface area contributed by atoms with Crippen LogP contribution in [0.15, 0.2) is 65.6 Å². The zero-order valence-electron chi connectivity index (χ0n) is 20.8. The molecular weight excluding hydrogens is 468 g/mol. The Kier molecular flexibility index (Phi) is 5.97. The topological polar surface area (TPSA) is 113 Å². The maximum Gasteiger partial charge on any atom is 0.278 e. The van der Waals surface area contributed by atoms with E-state index in [0.29, 0.717) is 47.9 Å². The molecule has 1 fully saturated rings. The third-order valence-corrected chi connectivity index (χ3v) is 7.03. The van der Waals surface area contributed by atoms with Gasteiger partial charge in [0.2, 0.25) is 5.95 Å². The zero-order valence-corrected chi connectivity index (χ0v) is 20.8. The lowest BCUT2D eigenvalue weighted by molar-refractivity contribution is 0.0443. The first-order valence-corrected chi connectivity index (χ1v) is 12.7. The van der Waals surface area contributed by atoms with Gasteiger partial charge in [-0.3, -0.25) is 4.79 Å². The van der Waals surface area contributed by atoms with E-state index in [1.54, 1.807) is 22.5 Å². The van der Waals surface area contributed by atoms with Crippen LogP contribution >= 0.6 is 0 Å². The average Bonchev–Trinajstić information content (AvgIpc) is 3.19. The molecule has 0 unspecified atom stereocenters. The molecule has 190 valence electrons. The Labute approximate surface area is 214 Å². The predicted molar refractivity (Wildman–Crippen MR) is 144 cm³/mol. The van der Waals surface area contributed by atoms with Crippen molar-refractivity contribution in [3.63, 3.8) is 0 Å². The molecule has 1 atom stereocenters. The van der Waals surface area contributed by atoms with Crippen LogP contribution in [0.3, 0.4) is 0 Å². The van der Waals surface area contributed by atoms with Gasteiger partial charge in [-0.05, 0) is 56.2 Å². The smallest absolute Gasteiger partial charge is 0.278 e. The van der Waals surface area contributed by atoms with Crippen LogP contribution in [-0.4, -0.2) is 55.6 Å². The first-order chi connectivity index (χ1) is 18.0. The maximum atomic E-state index is 13.3. The van der Waals surface area contributed by atoms with Gasteiger partial charge in [0.25, 0.3) is 5.56 Å². The molecule has 2 bridgehead atoms. The summed E-state index contributed by atoms with van der Waals surface area (Å²) in [7, 11) is 0. The number of benzene rings is 1. The normalized spacial score (nSPS) is 20.8. The third kappa shape index (κ3) is 4.49. The number of aliphatic hydroxyl groups is 1. The molecule has 4 aromatic rings. The van der Waals surface area contributed by atoms with Crippen molar-refractivity contribution in [2.75, 3.05) is 36.4 Å². The highest BCUT2D eigenvalue weighted by Gasteiger charge is 2.26. The number of hydrogen-bond acceptors (Lipinski definition) is 8. The highest BCUT2D eigenvalue weighted by molar-refractivity contribution is 5.77. The van der Waals surface area contributed by atoms with Crippen molar-refractivity contribution in [3.8, 4) is 5.82 Å². The fraction of sp³-hybridized carbons (Fsp3) is 0.333. The molecule has 10 heteroatoms. The molecule has 3 N–H and O–H groups in total. The number of fused-ring (bicyclic) bond motifs is 6. The number of piperazine rings is 1. The first-order valence-electron chi connectivity index (χ1n) is 12.7. The summed E-state index contributed by atoms with van der Waals surface area (Å²) in [6.45, 7) is 6.07. The summed E-state index contributed by atoms with van der Waals surface area (Å²) < 4.78 is 3.32. The summed E-state index contributed by atoms with van der Waals surface area (Å²) in [6, 6.07) is 13.7. The van der Waals surface area contributed by atoms with Gasteiger partial charge in [0.1, 0.15) is 11.0 Å². The number of anilines is 3. The van der Waals surface area contributed by atoms with E-state index in [1.807, 2.05) is 42.5 Å². The summed E-state index contributed by atoms with van der Waals surface area (Å²) >= 11 is 0. The monoisotopic (exact) mass is 498 g/mol. The van der Waals surface area contributed by atoms with Crippen LogP contribution < -0.4 is 21.1 Å². The third-order valence-electron chi connectivity index (χ3n) is 7.03. The van der Waals surface area contributed by atoms with E-state index in [2.05, 4.69) is 32.7 Å². The van der Waals surface area contributed by atoms with E-state index >= 15 is 0 Å². The van der Waals surface area contributed by atoms with E-state index in [-0.39, 0.29) is 5.56 Å². The van der Waals surface area contributed by atoms with Crippen molar-refractivity contribution < 1.29 is 5.11 Å². The van der Waals surface area contributed by atoms with Gasteiger partial charge < -0.3 is 20.6 Å². The maximum absolute atomic E-state index is 13.3. The Balaban J connectivity index is 1.39. The van der Waals surface area contributed by atoms with Gasteiger partial charge in [-0.2, -0.15) is 4.98 Å². The van der Waals surface area contributed by atoms with Crippen LogP contribution in [0.25, 0.3) is 16.9 Å². The first kappa shape index (κ1) is 23.4. The highest BCUT2D eigenvalue weighted by atomic mass is 16.3. The van der Waals surface area contributed by atoms with Gasteiger partial charge in [0, 0.05) is 43.8 Å². The Hall–Kier alpha value is -4.02. The van der Waals surface area contributed by atoms with Crippen LogP contribution in [-0.2, 0) is 12.1 Å². The Morgan fingerprint density at radius 2 is 1.86 bits per heavy atom. The van der Waals surface area contributed by atoms with Crippen molar-refractivity contribution in [2.24, 2.45) is 0 Å². The number of allylic oxidation sites excluding steroid dienone is 2. The van der Waals surface area contributed by atoms with Crippen molar-refractivity contribution in [2.45, 2.75) is 31.9 Å². The largest absolute Gasteiger partial charge is 0.384 e. The lowest BCUT2D eigenvalue weighted by atomic mass is 9.95. The number of rotatable bonds is 3. The minimum atomic E-state index is -1.09. The van der Waals surface area contributed by atoms with E-state index in [4.69, 9.17) is 9.97 Å². The second-order valence-electron chi connectivity index (χ2n) is 9.70. The fourth-order valence-corrected chi connectivity index (χ4v) is 4.92. The van der Waals surface area contributed by atoms with Crippen LogP contribution in [0.4, 0.5) is 17.3 Å². The van der Waals surface area contributed by atoms with Gasteiger partial charge in [-0.15, -0.1) is 0 Å². The number of hydrogen-bond donors (Lipinski definition) is 3. The van der Waals surface area contributed by atoms with Gasteiger partial charge >= 0.3 is 0 Å². The van der Waals surface area contributed by atoms with Crippen LogP contribution in [0.1, 0.15) is 25.5 Å². The molecule has 1 saturated heterocycles. The highest BCUT2D eigenvalue weighted by Crippen LogP contribution is 2.27. The molecule has 3 aromatic heterocycles. The molecule has 5 heterocycles. The van der Waals surface area contributed by atoms with E-state index in [9.17, 15) is 9.90 Å². The predicted octanol–water partition coefficient (Wildman–Crippen LogP) is 2.69. The summed E-state index contributed by atoms with van der Waals surface area (Å²) in [5.41, 5.74) is 1.77. The zero-order chi connectivity index (χ0) is 25.4. The second-order valence-corrected chi connectivity index (χ2v) is 9.70. The molecule has 0 radical (unpaired) electrons. The van der Waals surface area contributed by atoms with E-state index in [0.717, 1.165) is 31.9 Å². The number of aromatic nitrogens is 5. The molecular formula is C27H30N8O2. The summed E-state index contributed by atoms with van der Waals surface area (Å²) in [5.74, 6) is 0.904. The van der Waals surface area contributed by atoms with E-state index in [1.165, 1.54) is 5.69 Å². The molecule has 0 spiro atoms. The Morgan fingerprint density at radius 1 is 1.05 bits per heavy atom. The van der Waals surface area contributed by atoms with Gasteiger partial charge in [-0.25, -0.2) is 19.3 Å². The molecule has 0 amide bonds. The summed E-state index contributed by atoms with van der Waals surface area (Å²) in [5, 5.41) is 18.1. The average molecular weight is 499 g/mol. The second kappa shape index (κ2) is 9.45. The van der Waals surface area contributed by atoms with Gasteiger partial charge in [-0.1, -0.05) is 18.2 Å². The lowest BCUT2D eigenvalue weighted by Crippen LogP contribution is -2.43. The lowest BCUT2D eigenvalue weighted by Gasteiger charge is -2.29. The van der Waals surface area contributed by atoms with Crippen LogP contribution in [0.2, 0.25) is 0 Å². The molecule has 10 nitrogen and oxygen atoms in total. The van der Waals surface area contributed by atoms with Gasteiger partial charge in [0.15, 0.2) is 11.5 Å². The van der Waals surface area contributed by atoms with Gasteiger partial charge in [0.05, 0.1) is 12.2 Å². The van der Waals surface area contributed by atoms with Crippen molar-refractivity contribution >= 4 is 28.4 Å². The molecule has 1 aromatic carbocycles. The number of nitrogens with one attached hydrogen (secondary N) is 2. The van der Waals surface area contributed by atoms with Crippen molar-refractivity contribution in [1.82, 2.24) is 29.6 Å². The Bertz CT molecular complexity index is 1510. The minimum absolute atomic E-state index is 0.190. The van der Waals surface area contributed by atoms with E-state index < -0.39 is 5.60 Å². The number of nitrogens with zero attached hydrogens (tertiary/aromatic N) is 6. The Morgan fingerprint density at radius 3 is 2.68 bits per heavy atom. The number of pyridine rings is 1. The molecule has 2 aliphatic heterocycles. The fourth-order valence-electron chi connectivity index (χ4n) is 4.92. The standard InChI is InChI=1S/C27H30N8O2/c1-27(37)12-3-2-4-15-34-25(36)21-18-29-26(32-24(21)35(34)23-7-5-6-22(27)31-23)30-19-8-10-20(11-9-19)33-16-13-28-14-17-33/h2,4-11,18,28,37H,3,12-17H2,1H3,(H,29,30,32)/b4-2-/t27-/m0/s1. The van der Waals surface area contributed by atoms with Crippen LogP contribution in [0, 0.1) is 0 Å². The summed E-state index contributed by atoms with van der Waals surface area (Å²) in [6.07, 6.45) is 6.70. The van der Waals surface area contributed by atoms with Crippen molar-refractivity contribution in [3.05, 3.63) is 76.9 Å². The van der Waals surface area contributed by atoms with Crippen molar-refractivity contribution in [1.29, 1.82) is 0 Å². The molecule has 0 saturated carbocycles. The minimum Gasteiger partial charge on any atom is -0.384 e.